The first-order valence-electron chi connectivity index (χ1n) is 5.45. The average Bonchev–Trinajstić information content (AvgIpc) is 2.27. The van der Waals surface area contributed by atoms with E-state index in [9.17, 15) is 0 Å². The van der Waals surface area contributed by atoms with E-state index >= 15 is 0 Å². The largest absolute Gasteiger partial charge is 0.327 e. The first-order chi connectivity index (χ1) is 6.76. The van der Waals surface area contributed by atoms with Gasteiger partial charge in [0.2, 0.25) is 0 Å². The second kappa shape index (κ2) is 3.93. The Labute approximate surface area is 93.0 Å². The normalized spacial score (nSPS) is 28.5. The molecule has 1 rings (SSSR count). The zero-order chi connectivity index (χ0) is 11.7. The molecule has 0 bridgehead atoms. The highest BCUT2D eigenvalue weighted by Gasteiger charge is 2.28. The van der Waals surface area contributed by atoms with Crippen LogP contribution in [0.2, 0.25) is 0 Å². The molecule has 1 heterocycles. The van der Waals surface area contributed by atoms with Crippen LogP contribution in [0.15, 0.2) is 28.9 Å². The van der Waals surface area contributed by atoms with E-state index in [0.29, 0.717) is 0 Å². The Morgan fingerprint density at radius 2 is 2.00 bits per heavy atom. The molecule has 0 aromatic heterocycles. The lowest BCUT2D eigenvalue weighted by Gasteiger charge is -2.29. The first-order valence-corrected chi connectivity index (χ1v) is 5.45. The van der Waals surface area contributed by atoms with E-state index in [1.807, 2.05) is 19.3 Å². The standard InChI is InChI=1S/C13H22N2/c1-10(14)13(5)8-11(12(2,3)4)6-7-15-9-13/h6-10H,14H2,1-5H3. The molecule has 0 aromatic carbocycles. The molecule has 2 N–H and O–H groups in total. The summed E-state index contributed by atoms with van der Waals surface area (Å²) in [7, 11) is 0. The molecular weight excluding hydrogens is 184 g/mol. The fraction of sp³-hybridized carbons (Fsp3) is 0.615. The summed E-state index contributed by atoms with van der Waals surface area (Å²) >= 11 is 0. The summed E-state index contributed by atoms with van der Waals surface area (Å²) in [6.45, 7) is 10.8. The predicted octanol–water partition coefficient (Wildman–Crippen LogP) is 2.91. The number of nitrogens with two attached hydrogens (primary N) is 1. The summed E-state index contributed by atoms with van der Waals surface area (Å²) in [6, 6.07) is 0.0681. The molecule has 2 nitrogen and oxygen atoms in total. The fourth-order valence-electron chi connectivity index (χ4n) is 1.46. The number of aliphatic imine (C=N–C) groups is 1. The Morgan fingerprint density at radius 1 is 1.40 bits per heavy atom. The molecule has 1 aliphatic rings. The maximum absolute atomic E-state index is 6.01. The number of hydrogen-bond acceptors (Lipinski definition) is 2. The second-order valence-electron chi connectivity index (χ2n) is 5.60. The van der Waals surface area contributed by atoms with Crippen LogP contribution in [0.25, 0.3) is 0 Å². The van der Waals surface area contributed by atoms with Gasteiger partial charge in [-0.2, -0.15) is 0 Å². The van der Waals surface area contributed by atoms with Gasteiger partial charge in [0.05, 0.1) is 0 Å². The summed E-state index contributed by atoms with van der Waals surface area (Å²) in [5.41, 5.74) is 7.30. The van der Waals surface area contributed by atoms with Crippen LogP contribution < -0.4 is 5.73 Å². The third-order valence-electron chi connectivity index (χ3n) is 3.01. The van der Waals surface area contributed by atoms with Gasteiger partial charge < -0.3 is 5.73 Å². The summed E-state index contributed by atoms with van der Waals surface area (Å²) in [5.74, 6) is 0. The summed E-state index contributed by atoms with van der Waals surface area (Å²) in [6.07, 6.45) is 8.10. The molecule has 0 saturated heterocycles. The fourth-order valence-corrected chi connectivity index (χ4v) is 1.46. The second-order valence-corrected chi connectivity index (χ2v) is 5.60. The van der Waals surface area contributed by atoms with Crippen molar-refractivity contribution in [2.24, 2.45) is 21.6 Å². The van der Waals surface area contributed by atoms with Crippen LogP contribution in [-0.2, 0) is 0 Å². The molecule has 15 heavy (non-hydrogen) atoms. The molecule has 2 atom stereocenters. The van der Waals surface area contributed by atoms with Gasteiger partial charge in [-0.15, -0.1) is 0 Å². The molecule has 0 amide bonds. The maximum Gasteiger partial charge on any atom is 0.0361 e. The van der Waals surface area contributed by atoms with Crippen LogP contribution in [0.1, 0.15) is 34.6 Å². The van der Waals surface area contributed by atoms with Crippen LogP contribution in [0, 0.1) is 10.8 Å². The first kappa shape index (κ1) is 12.2. The molecule has 2 heteroatoms. The molecule has 0 spiro atoms. The lowest BCUT2D eigenvalue weighted by atomic mass is 9.77. The van der Waals surface area contributed by atoms with Crippen molar-refractivity contribution in [1.29, 1.82) is 0 Å². The van der Waals surface area contributed by atoms with E-state index in [1.165, 1.54) is 5.57 Å². The maximum atomic E-state index is 6.01. The Balaban J connectivity index is 3.15. The van der Waals surface area contributed by atoms with Gasteiger partial charge in [0.25, 0.3) is 0 Å². The third kappa shape index (κ3) is 2.78. The van der Waals surface area contributed by atoms with Crippen LogP contribution in [0.3, 0.4) is 0 Å². The van der Waals surface area contributed by atoms with Gasteiger partial charge >= 0.3 is 0 Å². The molecule has 0 aromatic rings. The molecule has 2 unspecified atom stereocenters. The van der Waals surface area contributed by atoms with Gasteiger partial charge in [0, 0.05) is 23.9 Å². The molecule has 1 aliphatic heterocycles. The number of hydrogen-bond donors (Lipinski definition) is 1. The number of allylic oxidation sites excluding steroid dienone is 2. The lowest BCUT2D eigenvalue weighted by Crippen LogP contribution is -2.37. The van der Waals surface area contributed by atoms with Crippen molar-refractivity contribution >= 4 is 6.21 Å². The molecule has 0 saturated carbocycles. The number of nitrogens with zero attached hydrogens (tertiary/aromatic N) is 1. The van der Waals surface area contributed by atoms with Crippen molar-refractivity contribution in [3.63, 3.8) is 0 Å². The zero-order valence-electron chi connectivity index (χ0n) is 10.4. The van der Waals surface area contributed by atoms with Crippen molar-refractivity contribution in [3.8, 4) is 0 Å². The van der Waals surface area contributed by atoms with Crippen molar-refractivity contribution in [1.82, 2.24) is 0 Å². The Kier molecular flexibility index (Phi) is 3.19. The minimum Gasteiger partial charge on any atom is -0.327 e. The zero-order valence-corrected chi connectivity index (χ0v) is 10.4. The van der Waals surface area contributed by atoms with E-state index in [-0.39, 0.29) is 16.9 Å². The highest BCUT2D eigenvalue weighted by Crippen LogP contribution is 2.33. The van der Waals surface area contributed by atoms with Gasteiger partial charge in [-0.25, -0.2) is 0 Å². The number of rotatable bonds is 1. The minimum absolute atomic E-state index is 0.0681. The summed E-state index contributed by atoms with van der Waals surface area (Å²) in [5, 5.41) is 0. The monoisotopic (exact) mass is 206 g/mol. The van der Waals surface area contributed by atoms with E-state index in [2.05, 4.69) is 44.8 Å². The Hall–Kier alpha value is -0.890. The summed E-state index contributed by atoms with van der Waals surface area (Å²) in [4.78, 5) is 4.27. The van der Waals surface area contributed by atoms with Gasteiger partial charge in [0.15, 0.2) is 0 Å². The van der Waals surface area contributed by atoms with Crippen molar-refractivity contribution in [2.45, 2.75) is 40.7 Å². The van der Waals surface area contributed by atoms with Crippen LogP contribution in [-0.4, -0.2) is 12.3 Å². The quantitative estimate of drug-likeness (QED) is 0.704. The van der Waals surface area contributed by atoms with E-state index < -0.39 is 0 Å². The smallest absolute Gasteiger partial charge is 0.0361 e. The Morgan fingerprint density at radius 3 is 2.47 bits per heavy atom. The van der Waals surface area contributed by atoms with E-state index in [0.717, 1.165) is 0 Å². The molecule has 0 aliphatic carbocycles. The van der Waals surface area contributed by atoms with Crippen LogP contribution >= 0.6 is 0 Å². The molecular formula is C13H22N2. The van der Waals surface area contributed by atoms with Crippen LogP contribution in [0.4, 0.5) is 0 Å². The highest BCUT2D eigenvalue weighted by molar-refractivity contribution is 5.71. The van der Waals surface area contributed by atoms with Crippen molar-refractivity contribution in [3.05, 3.63) is 23.9 Å². The van der Waals surface area contributed by atoms with Crippen molar-refractivity contribution < 1.29 is 0 Å². The SMILES string of the molecule is CC(N)C1(C)C=NC=CC(C(C)(C)C)=C1. The van der Waals surface area contributed by atoms with E-state index in [1.54, 1.807) is 0 Å². The van der Waals surface area contributed by atoms with Gasteiger partial charge in [-0.1, -0.05) is 26.8 Å². The molecule has 0 radical (unpaired) electrons. The van der Waals surface area contributed by atoms with Gasteiger partial charge in [-0.05, 0) is 30.9 Å². The molecule has 84 valence electrons. The van der Waals surface area contributed by atoms with Gasteiger partial charge in [0.1, 0.15) is 0 Å². The highest BCUT2D eigenvalue weighted by atomic mass is 14.7. The Bertz CT molecular complexity index is 316. The third-order valence-corrected chi connectivity index (χ3v) is 3.01. The van der Waals surface area contributed by atoms with Crippen molar-refractivity contribution in [2.75, 3.05) is 0 Å². The summed E-state index contributed by atoms with van der Waals surface area (Å²) < 4.78 is 0. The molecule has 0 fully saturated rings. The predicted molar refractivity (Wildman–Crippen MR) is 66.9 cm³/mol. The van der Waals surface area contributed by atoms with Gasteiger partial charge in [-0.3, -0.25) is 4.99 Å². The van der Waals surface area contributed by atoms with Crippen LogP contribution in [0.5, 0.6) is 0 Å². The average molecular weight is 206 g/mol. The minimum atomic E-state index is -0.147. The van der Waals surface area contributed by atoms with E-state index in [4.69, 9.17) is 5.73 Å². The lowest BCUT2D eigenvalue weighted by molar-refractivity contribution is 0.465. The topological polar surface area (TPSA) is 38.4 Å².